The van der Waals surface area contributed by atoms with E-state index in [0.717, 1.165) is 11.1 Å². The molecule has 3 heterocycles. The number of rotatable bonds is 5. The van der Waals surface area contributed by atoms with Crippen molar-refractivity contribution < 1.29 is 13.2 Å². The fraction of sp³-hybridized carbons (Fsp3) is 0.500. The third-order valence-corrected chi connectivity index (χ3v) is 5.92. The van der Waals surface area contributed by atoms with Crippen molar-refractivity contribution in [3.05, 3.63) is 29.3 Å². The molecular formula is C14H19N5O3S2. The summed E-state index contributed by atoms with van der Waals surface area (Å²) in [5, 5.41) is 4.63. The van der Waals surface area contributed by atoms with E-state index in [4.69, 9.17) is 4.74 Å². The highest BCUT2D eigenvalue weighted by atomic mass is 32.2. The van der Waals surface area contributed by atoms with Gasteiger partial charge in [-0.25, -0.2) is 23.1 Å². The average molecular weight is 369 g/mol. The van der Waals surface area contributed by atoms with E-state index in [1.165, 1.54) is 17.7 Å². The van der Waals surface area contributed by atoms with Crippen LogP contribution in [0.2, 0.25) is 0 Å². The Kier molecular flexibility index (Phi) is 4.12. The van der Waals surface area contributed by atoms with Crippen molar-refractivity contribution in [2.45, 2.75) is 25.8 Å². The maximum Gasteiger partial charge on any atom is 0.231 e. The number of hydrogen-bond acceptors (Lipinski definition) is 7. The lowest BCUT2D eigenvalue weighted by atomic mass is 9.74. The molecule has 0 aromatic carbocycles. The minimum Gasteiger partial charge on any atom is -0.493 e. The molecule has 0 aliphatic carbocycles. The minimum absolute atomic E-state index is 0.214. The highest BCUT2D eigenvalue weighted by Crippen LogP contribution is 2.44. The Labute approximate surface area is 144 Å². The summed E-state index contributed by atoms with van der Waals surface area (Å²) in [5.41, 5.74) is -0.402. The van der Waals surface area contributed by atoms with Crippen LogP contribution in [0.5, 0.6) is 0 Å². The van der Waals surface area contributed by atoms with Gasteiger partial charge in [0.25, 0.3) is 0 Å². The van der Waals surface area contributed by atoms with Gasteiger partial charge in [-0.1, -0.05) is 13.8 Å². The molecule has 1 atom stereocenters. The standard InChI is InChI=1S/C14H19N5O3S2/c1-9(2)14(11-6-15-13(23-11)18-24(4,20)21)5-10(22-3)12-16-8-17-19(12)7-14/h5-6,8-9H,7H2,1-4H3,(H,15,18). The molecule has 24 heavy (non-hydrogen) atoms. The number of nitrogens with zero attached hydrogens (tertiary/aromatic N) is 4. The Hall–Kier alpha value is -1.94. The first-order valence-corrected chi connectivity index (χ1v) is 10.0. The zero-order valence-electron chi connectivity index (χ0n) is 13.8. The molecule has 1 aliphatic heterocycles. The van der Waals surface area contributed by atoms with Crippen molar-refractivity contribution in [2.75, 3.05) is 18.1 Å². The maximum atomic E-state index is 11.4. The molecule has 0 spiro atoms. The highest BCUT2D eigenvalue weighted by Gasteiger charge is 2.41. The summed E-state index contributed by atoms with van der Waals surface area (Å²) >= 11 is 1.32. The van der Waals surface area contributed by atoms with Gasteiger partial charge in [0, 0.05) is 11.1 Å². The lowest BCUT2D eigenvalue weighted by Gasteiger charge is -2.37. The molecule has 1 aliphatic rings. The summed E-state index contributed by atoms with van der Waals surface area (Å²) in [6.45, 7) is 4.80. The van der Waals surface area contributed by atoms with Gasteiger partial charge in [0.2, 0.25) is 10.0 Å². The molecule has 0 bridgehead atoms. The van der Waals surface area contributed by atoms with Crippen LogP contribution < -0.4 is 4.72 Å². The molecule has 8 nitrogen and oxygen atoms in total. The normalized spacial score (nSPS) is 20.6. The predicted octanol–water partition coefficient (Wildman–Crippen LogP) is 1.70. The molecular weight excluding hydrogens is 350 g/mol. The van der Waals surface area contributed by atoms with E-state index < -0.39 is 15.4 Å². The molecule has 0 radical (unpaired) electrons. The molecule has 0 saturated heterocycles. The molecule has 1 N–H and O–H groups in total. The Bertz CT molecular complexity index is 884. The lowest BCUT2D eigenvalue weighted by molar-refractivity contribution is 0.284. The monoisotopic (exact) mass is 369 g/mol. The summed E-state index contributed by atoms with van der Waals surface area (Å²) in [4.78, 5) is 9.39. The smallest absolute Gasteiger partial charge is 0.231 e. The van der Waals surface area contributed by atoms with Gasteiger partial charge >= 0.3 is 0 Å². The number of methoxy groups -OCH3 is 1. The fourth-order valence-electron chi connectivity index (χ4n) is 2.79. The van der Waals surface area contributed by atoms with Gasteiger partial charge in [-0.15, -0.1) is 11.3 Å². The van der Waals surface area contributed by atoms with Gasteiger partial charge in [0.1, 0.15) is 6.33 Å². The first kappa shape index (κ1) is 16.9. The van der Waals surface area contributed by atoms with Crippen molar-refractivity contribution in [1.29, 1.82) is 0 Å². The topological polar surface area (TPSA) is 99.0 Å². The second-order valence-electron chi connectivity index (χ2n) is 6.05. The predicted molar refractivity (Wildman–Crippen MR) is 92.1 cm³/mol. The molecule has 0 amide bonds. The van der Waals surface area contributed by atoms with Crippen molar-refractivity contribution in [1.82, 2.24) is 19.7 Å². The van der Waals surface area contributed by atoms with Crippen molar-refractivity contribution in [3.8, 4) is 0 Å². The number of sulfonamides is 1. The van der Waals surface area contributed by atoms with Crippen LogP contribution in [0.4, 0.5) is 5.13 Å². The van der Waals surface area contributed by atoms with E-state index in [1.54, 1.807) is 13.3 Å². The molecule has 0 saturated carbocycles. The minimum atomic E-state index is -3.36. The van der Waals surface area contributed by atoms with Crippen molar-refractivity contribution >= 4 is 32.3 Å². The third kappa shape index (κ3) is 2.91. The number of ether oxygens (including phenoxy) is 1. The van der Waals surface area contributed by atoms with Gasteiger partial charge in [-0.3, -0.25) is 4.72 Å². The molecule has 130 valence electrons. The second-order valence-corrected chi connectivity index (χ2v) is 8.83. The number of hydrogen-bond donors (Lipinski definition) is 1. The molecule has 10 heteroatoms. The van der Waals surface area contributed by atoms with E-state index in [9.17, 15) is 8.42 Å². The van der Waals surface area contributed by atoms with Crippen molar-refractivity contribution in [2.24, 2.45) is 5.92 Å². The first-order valence-electron chi connectivity index (χ1n) is 7.34. The van der Waals surface area contributed by atoms with Gasteiger partial charge in [0.05, 0.1) is 25.3 Å². The third-order valence-electron chi connectivity index (χ3n) is 4.12. The number of anilines is 1. The van der Waals surface area contributed by atoms with E-state index in [0.29, 0.717) is 23.3 Å². The van der Waals surface area contributed by atoms with E-state index in [1.807, 2.05) is 10.8 Å². The SMILES string of the molecule is COC1=CC(c2cnc(NS(C)(=O)=O)s2)(C(C)C)Cn2ncnc21. The van der Waals surface area contributed by atoms with Crippen LogP contribution in [0.1, 0.15) is 24.5 Å². The van der Waals surface area contributed by atoms with Crippen LogP contribution in [-0.2, 0) is 26.7 Å². The highest BCUT2D eigenvalue weighted by molar-refractivity contribution is 7.92. The van der Waals surface area contributed by atoms with E-state index in [2.05, 4.69) is 33.6 Å². The van der Waals surface area contributed by atoms with E-state index in [-0.39, 0.29) is 5.92 Å². The van der Waals surface area contributed by atoms with Gasteiger partial charge < -0.3 is 4.74 Å². The molecule has 2 aromatic rings. The van der Waals surface area contributed by atoms with Crippen LogP contribution in [0.25, 0.3) is 5.76 Å². The lowest BCUT2D eigenvalue weighted by Crippen LogP contribution is -2.38. The summed E-state index contributed by atoms with van der Waals surface area (Å²) in [7, 11) is -1.76. The van der Waals surface area contributed by atoms with Crippen molar-refractivity contribution in [3.63, 3.8) is 0 Å². The average Bonchev–Trinajstić information content (AvgIpc) is 3.12. The van der Waals surface area contributed by atoms with Crippen LogP contribution >= 0.6 is 11.3 Å². The molecule has 1 unspecified atom stereocenters. The number of allylic oxidation sites excluding steroid dienone is 1. The molecule has 3 rings (SSSR count). The van der Waals surface area contributed by atoms with Crippen LogP contribution in [-0.4, -0.2) is 41.5 Å². The van der Waals surface area contributed by atoms with Gasteiger partial charge in [0.15, 0.2) is 16.7 Å². The number of thiazole rings is 1. The Balaban J connectivity index is 2.08. The quantitative estimate of drug-likeness (QED) is 0.861. The van der Waals surface area contributed by atoms with Crippen LogP contribution in [0.3, 0.4) is 0 Å². The molecule has 2 aromatic heterocycles. The first-order chi connectivity index (χ1) is 11.2. The number of nitrogens with one attached hydrogen (secondary N) is 1. The Morgan fingerprint density at radius 3 is 2.79 bits per heavy atom. The summed E-state index contributed by atoms with van der Waals surface area (Å²) in [6, 6.07) is 0. The zero-order valence-corrected chi connectivity index (χ0v) is 15.5. The van der Waals surface area contributed by atoms with Gasteiger partial charge in [-0.2, -0.15) is 5.10 Å². The zero-order chi connectivity index (χ0) is 17.5. The largest absolute Gasteiger partial charge is 0.493 e. The van der Waals surface area contributed by atoms with Gasteiger partial charge in [-0.05, 0) is 12.0 Å². The fourth-order valence-corrected chi connectivity index (χ4v) is 4.75. The number of fused-ring (bicyclic) bond motifs is 1. The Morgan fingerprint density at radius 2 is 2.17 bits per heavy atom. The number of aromatic nitrogens is 4. The maximum absolute atomic E-state index is 11.4. The summed E-state index contributed by atoms with van der Waals surface area (Å²) in [5.74, 6) is 1.55. The molecule has 0 fully saturated rings. The van der Waals surface area contributed by atoms with Crippen LogP contribution in [0, 0.1) is 5.92 Å². The van der Waals surface area contributed by atoms with E-state index >= 15 is 0 Å². The summed E-state index contributed by atoms with van der Waals surface area (Å²) in [6.07, 6.45) is 6.36. The van der Waals surface area contributed by atoms with Crippen LogP contribution in [0.15, 0.2) is 18.6 Å². The Morgan fingerprint density at radius 1 is 1.42 bits per heavy atom. The summed E-state index contributed by atoms with van der Waals surface area (Å²) < 4.78 is 32.6. The second kappa shape index (κ2) is 5.85.